The number of fused-ring (bicyclic) bond motifs is 1. The van der Waals surface area contributed by atoms with Gasteiger partial charge in [-0.2, -0.15) is 26.3 Å². The molecule has 0 spiro atoms. The number of carbonyl (C=O) groups excluding carboxylic acids is 1. The second-order valence-electron chi connectivity index (χ2n) is 8.51. The Hall–Kier alpha value is -2.86. The summed E-state index contributed by atoms with van der Waals surface area (Å²) in [4.78, 5) is 18.4. The van der Waals surface area contributed by atoms with Gasteiger partial charge >= 0.3 is 12.4 Å². The molecule has 1 aromatic heterocycles. The molecule has 1 fully saturated rings. The maximum atomic E-state index is 13.1. The van der Waals surface area contributed by atoms with Gasteiger partial charge in [0.1, 0.15) is 5.75 Å². The van der Waals surface area contributed by atoms with E-state index in [1.807, 2.05) is 6.07 Å². The maximum Gasteiger partial charge on any atom is 0.432 e. The summed E-state index contributed by atoms with van der Waals surface area (Å²) < 4.78 is 89.3. The van der Waals surface area contributed by atoms with Crippen LogP contribution in [0, 0.1) is 5.92 Å². The summed E-state index contributed by atoms with van der Waals surface area (Å²) in [5, 5.41) is 9.48. The molecule has 1 atom stereocenters. The number of pyridine rings is 1. The summed E-state index contributed by atoms with van der Waals surface area (Å²) in [6.45, 7) is 2.44. The van der Waals surface area contributed by atoms with Gasteiger partial charge in [0.25, 0.3) is 5.60 Å². The van der Waals surface area contributed by atoms with Gasteiger partial charge in [-0.25, -0.2) is 0 Å². The number of alkyl halides is 6. The molecule has 1 aliphatic carbocycles. The quantitative estimate of drug-likeness (QED) is 0.625. The number of carbonyl (C=O) groups is 1. The minimum Gasteiger partial charge on any atom is -0.495 e. The molecule has 1 saturated heterocycles. The number of methoxy groups -OCH3 is 1. The molecule has 2 aromatic rings. The van der Waals surface area contributed by atoms with Crippen LogP contribution in [-0.2, 0) is 23.2 Å². The van der Waals surface area contributed by atoms with Gasteiger partial charge in [-0.1, -0.05) is 6.07 Å². The highest BCUT2D eigenvalue weighted by molar-refractivity contribution is 6.03. The lowest BCUT2D eigenvalue weighted by Gasteiger charge is -2.31. The minimum absolute atomic E-state index is 0.0620. The molecular weight excluding hydrogens is 482 g/mol. The predicted molar refractivity (Wildman–Crippen MR) is 111 cm³/mol. The second kappa shape index (κ2) is 8.98. The van der Waals surface area contributed by atoms with Crippen LogP contribution in [0.1, 0.15) is 27.2 Å². The van der Waals surface area contributed by atoms with Gasteiger partial charge in [-0.3, -0.25) is 9.78 Å². The molecule has 0 amide bonds. The zero-order chi connectivity index (χ0) is 25.6. The largest absolute Gasteiger partial charge is 0.495 e. The molecule has 1 N–H and O–H groups in total. The maximum absolute atomic E-state index is 13.1. The fraction of sp³-hybridized carbons (Fsp3) is 0.478. The third kappa shape index (κ3) is 4.44. The first-order chi connectivity index (χ1) is 16.4. The van der Waals surface area contributed by atoms with Crippen LogP contribution in [-0.4, -0.2) is 61.6 Å². The number of hydrogen-bond acceptors (Lipinski definition) is 6. The number of aromatic nitrogens is 1. The minimum atomic E-state index is -6.01. The summed E-state index contributed by atoms with van der Waals surface area (Å²) in [6, 6.07) is 5.05. The molecule has 0 bridgehead atoms. The SMILES string of the molecule is COc1cc2c(cc1N1CCOCC1)CC(Cc1ccc(C(O)(C(F)(F)F)C(F)(F)F)nc1)C2=O. The molecular formula is C23H22F6N2O4. The van der Waals surface area contributed by atoms with Crippen LogP contribution in [0.25, 0.3) is 0 Å². The van der Waals surface area contributed by atoms with Crippen LogP contribution in [0.2, 0.25) is 0 Å². The Bertz CT molecular complexity index is 1080. The van der Waals surface area contributed by atoms with E-state index < -0.39 is 29.6 Å². The Morgan fingerprint density at radius 2 is 1.77 bits per heavy atom. The Labute approximate surface area is 196 Å². The number of hydrogen-bond donors (Lipinski definition) is 1. The van der Waals surface area contributed by atoms with Gasteiger partial charge in [0.05, 0.1) is 31.7 Å². The topological polar surface area (TPSA) is 71.9 Å². The van der Waals surface area contributed by atoms with Gasteiger partial charge in [0.2, 0.25) is 0 Å². The predicted octanol–water partition coefficient (Wildman–Crippen LogP) is 3.84. The zero-order valence-corrected chi connectivity index (χ0v) is 18.5. The third-order valence-electron chi connectivity index (χ3n) is 6.36. The van der Waals surface area contributed by atoms with E-state index in [1.54, 1.807) is 6.07 Å². The fourth-order valence-electron chi connectivity index (χ4n) is 4.46. The Morgan fingerprint density at radius 3 is 2.31 bits per heavy atom. The van der Waals surface area contributed by atoms with Gasteiger partial charge in [-0.15, -0.1) is 0 Å². The molecule has 1 aliphatic heterocycles. The van der Waals surface area contributed by atoms with Crippen molar-refractivity contribution in [2.24, 2.45) is 5.92 Å². The number of morpholine rings is 1. The number of benzene rings is 1. The van der Waals surface area contributed by atoms with Crippen molar-refractivity contribution in [3.05, 3.63) is 52.8 Å². The average molecular weight is 504 g/mol. The molecule has 2 aliphatic rings. The summed E-state index contributed by atoms with van der Waals surface area (Å²) >= 11 is 0. The van der Waals surface area contributed by atoms with Gasteiger partial charge in [0, 0.05) is 30.8 Å². The molecule has 1 unspecified atom stereocenters. The van der Waals surface area contributed by atoms with Gasteiger partial charge in [-0.05, 0) is 42.2 Å². The summed E-state index contributed by atoms with van der Waals surface area (Å²) in [5.41, 5.74) is -4.32. The lowest BCUT2D eigenvalue weighted by molar-refractivity contribution is -0.377. The highest BCUT2D eigenvalue weighted by Gasteiger charge is 2.72. The van der Waals surface area contributed by atoms with Crippen molar-refractivity contribution in [3.63, 3.8) is 0 Å². The molecule has 0 saturated carbocycles. The van der Waals surface area contributed by atoms with Crippen LogP contribution < -0.4 is 9.64 Å². The van der Waals surface area contributed by atoms with E-state index in [1.165, 1.54) is 7.11 Å². The van der Waals surface area contributed by atoms with Crippen molar-refractivity contribution >= 4 is 11.5 Å². The van der Waals surface area contributed by atoms with Crippen molar-refractivity contribution in [2.75, 3.05) is 38.3 Å². The number of anilines is 1. The Morgan fingerprint density at radius 1 is 1.11 bits per heavy atom. The standard InChI is InChI=1S/C23H22F6N2O4/c1-34-18-11-16-14(10-17(18)31-4-6-35-7-5-31)9-15(20(16)32)8-13-2-3-19(30-12-13)21(33,22(24,25)26)23(27,28)29/h2-3,10-12,15,33H,4-9H2,1H3. The highest BCUT2D eigenvalue weighted by atomic mass is 19.4. The first kappa shape index (κ1) is 25.2. The number of halogens is 6. The molecule has 2 heterocycles. The van der Waals surface area contributed by atoms with E-state index in [-0.39, 0.29) is 17.8 Å². The van der Waals surface area contributed by atoms with Crippen LogP contribution in [0.15, 0.2) is 30.5 Å². The van der Waals surface area contributed by atoms with E-state index in [0.717, 1.165) is 23.5 Å². The summed E-state index contributed by atoms with van der Waals surface area (Å²) in [7, 11) is 1.50. The molecule has 4 rings (SSSR count). The van der Waals surface area contributed by atoms with Crippen molar-refractivity contribution in [1.82, 2.24) is 4.98 Å². The summed E-state index contributed by atoms with van der Waals surface area (Å²) in [5.74, 6) is -0.228. The van der Waals surface area contributed by atoms with Crippen molar-refractivity contribution < 1.29 is 45.7 Å². The van der Waals surface area contributed by atoms with Crippen LogP contribution in [0.5, 0.6) is 5.75 Å². The van der Waals surface area contributed by atoms with Crippen LogP contribution in [0.4, 0.5) is 32.0 Å². The number of aliphatic hydroxyl groups is 1. The first-order valence-electron chi connectivity index (χ1n) is 10.8. The third-order valence-corrected chi connectivity index (χ3v) is 6.36. The Kier molecular flexibility index (Phi) is 6.47. The van der Waals surface area contributed by atoms with E-state index in [0.29, 0.717) is 50.1 Å². The highest BCUT2D eigenvalue weighted by Crippen LogP contribution is 2.49. The van der Waals surface area contributed by atoms with Crippen molar-refractivity contribution in [2.45, 2.75) is 30.8 Å². The van der Waals surface area contributed by atoms with Crippen molar-refractivity contribution in [1.29, 1.82) is 0 Å². The van der Waals surface area contributed by atoms with Gasteiger partial charge in [0.15, 0.2) is 5.78 Å². The smallest absolute Gasteiger partial charge is 0.432 e. The zero-order valence-electron chi connectivity index (χ0n) is 18.5. The monoisotopic (exact) mass is 504 g/mol. The number of nitrogens with zero attached hydrogens (tertiary/aromatic N) is 2. The molecule has 190 valence electrons. The first-order valence-corrected chi connectivity index (χ1v) is 10.8. The van der Waals surface area contributed by atoms with Gasteiger partial charge < -0.3 is 19.5 Å². The second-order valence-corrected chi connectivity index (χ2v) is 8.51. The molecule has 12 heteroatoms. The number of ether oxygens (including phenoxy) is 2. The molecule has 1 aromatic carbocycles. The normalized spacial score (nSPS) is 19.1. The number of Topliss-reactive ketones (excluding diaryl/α,β-unsaturated/α-hetero) is 1. The van der Waals surface area contributed by atoms with E-state index >= 15 is 0 Å². The number of rotatable bonds is 5. The van der Waals surface area contributed by atoms with Crippen LogP contribution >= 0.6 is 0 Å². The molecule has 35 heavy (non-hydrogen) atoms. The fourth-order valence-corrected chi connectivity index (χ4v) is 4.46. The Balaban J connectivity index is 1.55. The van der Waals surface area contributed by atoms with E-state index in [9.17, 15) is 36.2 Å². The number of ketones is 1. The summed E-state index contributed by atoms with van der Waals surface area (Å²) in [6.07, 6.45) is -10.8. The average Bonchev–Trinajstić information content (AvgIpc) is 3.11. The van der Waals surface area contributed by atoms with E-state index in [4.69, 9.17) is 9.47 Å². The van der Waals surface area contributed by atoms with Crippen LogP contribution in [0.3, 0.4) is 0 Å². The molecule has 6 nitrogen and oxygen atoms in total. The van der Waals surface area contributed by atoms with E-state index in [2.05, 4.69) is 9.88 Å². The lowest BCUT2D eigenvalue weighted by atomic mass is 9.94. The lowest BCUT2D eigenvalue weighted by Crippen LogP contribution is -2.54. The van der Waals surface area contributed by atoms with Crippen molar-refractivity contribution in [3.8, 4) is 5.75 Å². The molecule has 0 radical (unpaired) electrons.